The Morgan fingerprint density at radius 1 is 0.339 bits per heavy atom. The van der Waals surface area contributed by atoms with Gasteiger partial charge < -0.3 is 14.2 Å². The minimum absolute atomic E-state index is 0.0697. The number of hydrogen-bond acceptors (Lipinski definition) is 6. The van der Waals surface area contributed by atoms with E-state index >= 15 is 0 Å². The van der Waals surface area contributed by atoms with Crippen molar-refractivity contribution in [3.05, 3.63) is 12.2 Å². The fraction of sp³-hybridized carbons (Fsp3) is 0.900. The number of ether oxygens (including phenoxy) is 3. The lowest BCUT2D eigenvalue weighted by atomic mass is 10.0. The number of carbonyl (C=O) groups is 3. The van der Waals surface area contributed by atoms with Crippen LogP contribution in [0.5, 0.6) is 0 Å². The minimum Gasteiger partial charge on any atom is -0.462 e. The molecule has 0 spiro atoms. The summed E-state index contributed by atoms with van der Waals surface area (Å²) in [6.07, 6.45) is 49.0. The quantitative estimate of drug-likeness (QED) is 0.0264. The first-order valence-corrected chi connectivity index (χ1v) is 24.7. The molecule has 0 aromatic carbocycles. The summed E-state index contributed by atoms with van der Waals surface area (Å²) in [5, 5.41) is 0. The van der Waals surface area contributed by atoms with Gasteiger partial charge in [0, 0.05) is 19.3 Å². The number of allylic oxidation sites excluding steroid dienone is 2. The molecule has 1 unspecified atom stereocenters. The zero-order chi connectivity index (χ0) is 40.8. The lowest BCUT2D eigenvalue weighted by Gasteiger charge is -2.18. The van der Waals surface area contributed by atoms with Gasteiger partial charge in [-0.05, 0) is 44.9 Å². The third kappa shape index (κ3) is 43.3. The number of rotatable bonds is 45. The van der Waals surface area contributed by atoms with Gasteiger partial charge in [-0.15, -0.1) is 0 Å². The predicted molar refractivity (Wildman–Crippen MR) is 238 cm³/mol. The van der Waals surface area contributed by atoms with E-state index in [1.807, 2.05) is 0 Å². The van der Waals surface area contributed by atoms with Crippen LogP contribution in [0.1, 0.15) is 271 Å². The topological polar surface area (TPSA) is 78.9 Å². The van der Waals surface area contributed by atoms with Crippen LogP contribution in [0.4, 0.5) is 0 Å². The van der Waals surface area contributed by atoms with Gasteiger partial charge in [0.15, 0.2) is 6.10 Å². The summed E-state index contributed by atoms with van der Waals surface area (Å²) in [7, 11) is 0. The molecule has 0 aromatic heterocycles. The van der Waals surface area contributed by atoms with Gasteiger partial charge in [0.2, 0.25) is 0 Å². The molecule has 330 valence electrons. The lowest BCUT2D eigenvalue weighted by Crippen LogP contribution is -2.30. The second kappa shape index (κ2) is 45.8. The fourth-order valence-electron chi connectivity index (χ4n) is 7.26. The molecule has 1 atom stereocenters. The highest BCUT2D eigenvalue weighted by atomic mass is 16.6. The average molecular weight is 791 g/mol. The van der Waals surface area contributed by atoms with Crippen LogP contribution in [0.15, 0.2) is 12.2 Å². The summed E-state index contributed by atoms with van der Waals surface area (Å²) in [6.45, 7) is 6.63. The van der Waals surface area contributed by atoms with E-state index in [4.69, 9.17) is 14.2 Å². The van der Waals surface area contributed by atoms with E-state index in [1.54, 1.807) is 0 Å². The van der Waals surface area contributed by atoms with Crippen molar-refractivity contribution in [1.29, 1.82) is 0 Å². The largest absolute Gasteiger partial charge is 0.462 e. The van der Waals surface area contributed by atoms with E-state index in [0.29, 0.717) is 19.3 Å². The SMILES string of the molecule is CCCCCCCC/C=C\CCCCCC(=O)OCC(COC(=O)CCCCCCCCCCCCCC)OC(=O)CCCCCCCCCCCCCCC. The van der Waals surface area contributed by atoms with Crippen LogP contribution in [0.25, 0.3) is 0 Å². The van der Waals surface area contributed by atoms with Crippen LogP contribution in [0.3, 0.4) is 0 Å². The van der Waals surface area contributed by atoms with Gasteiger partial charge in [0.25, 0.3) is 0 Å². The number of carbonyl (C=O) groups excluding carboxylic acids is 3. The highest BCUT2D eigenvalue weighted by Crippen LogP contribution is 2.16. The zero-order valence-electron chi connectivity index (χ0n) is 37.7. The second-order valence-corrected chi connectivity index (χ2v) is 16.7. The molecule has 0 N–H and O–H groups in total. The standard InChI is InChI=1S/C50H94O6/c1-4-7-10-13-16-19-22-25-28-31-34-37-40-43-49(52)55-46-47(45-54-48(51)42-39-36-33-30-27-24-21-18-15-12-9-6-3)56-50(53)44-41-38-35-32-29-26-23-20-17-14-11-8-5-2/h25,28,47H,4-24,26-27,29-46H2,1-3H3/b28-25-. The third-order valence-electron chi connectivity index (χ3n) is 11.0. The first-order valence-electron chi connectivity index (χ1n) is 24.7. The molecule has 0 aliphatic rings. The Morgan fingerprint density at radius 2 is 0.589 bits per heavy atom. The minimum atomic E-state index is -0.767. The Kier molecular flexibility index (Phi) is 44.3. The van der Waals surface area contributed by atoms with Crippen LogP contribution in [-0.2, 0) is 28.6 Å². The van der Waals surface area contributed by atoms with Gasteiger partial charge in [-0.2, -0.15) is 0 Å². The Hall–Kier alpha value is -1.85. The number of esters is 3. The molecular formula is C50H94O6. The molecule has 0 saturated carbocycles. The van der Waals surface area contributed by atoms with Crippen molar-refractivity contribution in [2.45, 2.75) is 277 Å². The summed E-state index contributed by atoms with van der Waals surface area (Å²) in [5.41, 5.74) is 0. The van der Waals surface area contributed by atoms with Crippen molar-refractivity contribution in [3.8, 4) is 0 Å². The highest BCUT2D eigenvalue weighted by molar-refractivity contribution is 5.71. The molecule has 6 heteroatoms. The van der Waals surface area contributed by atoms with Gasteiger partial charge in [-0.3, -0.25) is 14.4 Å². The van der Waals surface area contributed by atoms with E-state index in [-0.39, 0.29) is 31.1 Å². The van der Waals surface area contributed by atoms with Crippen molar-refractivity contribution in [2.75, 3.05) is 13.2 Å². The maximum atomic E-state index is 12.7. The van der Waals surface area contributed by atoms with Crippen LogP contribution >= 0.6 is 0 Å². The molecule has 0 aliphatic heterocycles. The molecule has 0 rings (SSSR count). The first-order chi connectivity index (χ1) is 27.5. The van der Waals surface area contributed by atoms with Crippen LogP contribution in [0.2, 0.25) is 0 Å². The zero-order valence-corrected chi connectivity index (χ0v) is 37.7. The maximum absolute atomic E-state index is 12.7. The molecule has 0 fully saturated rings. The predicted octanol–water partition coefficient (Wildman–Crippen LogP) is 15.8. The van der Waals surface area contributed by atoms with Gasteiger partial charge in [0.05, 0.1) is 0 Å². The summed E-state index contributed by atoms with van der Waals surface area (Å²) < 4.78 is 16.7. The fourth-order valence-corrected chi connectivity index (χ4v) is 7.26. The molecule has 0 saturated heterocycles. The molecular weight excluding hydrogens is 697 g/mol. The highest BCUT2D eigenvalue weighted by Gasteiger charge is 2.19. The summed E-state index contributed by atoms with van der Waals surface area (Å²) in [6, 6.07) is 0. The Labute approximate surface area is 348 Å². The Bertz CT molecular complexity index is 870. The lowest BCUT2D eigenvalue weighted by molar-refractivity contribution is -0.167. The molecule has 0 aliphatic carbocycles. The second-order valence-electron chi connectivity index (χ2n) is 16.7. The first kappa shape index (κ1) is 54.2. The summed E-state index contributed by atoms with van der Waals surface area (Å²) in [4.78, 5) is 37.8. The number of unbranched alkanes of at least 4 members (excludes halogenated alkanes) is 32. The monoisotopic (exact) mass is 791 g/mol. The van der Waals surface area contributed by atoms with Crippen LogP contribution in [-0.4, -0.2) is 37.2 Å². The smallest absolute Gasteiger partial charge is 0.306 e. The molecule has 0 aromatic rings. The van der Waals surface area contributed by atoms with E-state index in [1.165, 1.54) is 161 Å². The van der Waals surface area contributed by atoms with Gasteiger partial charge in [0.1, 0.15) is 13.2 Å². The average Bonchev–Trinajstić information content (AvgIpc) is 3.19. The van der Waals surface area contributed by atoms with Crippen molar-refractivity contribution in [3.63, 3.8) is 0 Å². The van der Waals surface area contributed by atoms with Crippen molar-refractivity contribution < 1.29 is 28.6 Å². The molecule has 0 amide bonds. The van der Waals surface area contributed by atoms with Gasteiger partial charge in [-0.25, -0.2) is 0 Å². The molecule has 0 heterocycles. The number of hydrogen-bond donors (Lipinski definition) is 0. The molecule has 6 nitrogen and oxygen atoms in total. The van der Waals surface area contributed by atoms with Crippen molar-refractivity contribution in [2.24, 2.45) is 0 Å². The molecule has 56 heavy (non-hydrogen) atoms. The van der Waals surface area contributed by atoms with Crippen molar-refractivity contribution >= 4 is 17.9 Å². The molecule has 0 radical (unpaired) electrons. The van der Waals surface area contributed by atoms with E-state index in [0.717, 1.165) is 70.6 Å². The summed E-state index contributed by atoms with van der Waals surface area (Å²) in [5.74, 6) is -0.873. The van der Waals surface area contributed by atoms with E-state index in [9.17, 15) is 14.4 Å². The Morgan fingerprint density at radius 3 is 0.911 bits per heavy atom. The normalized spacial score (nSPS) is 12.0. The van der Waals surface area contributed by atoms with Gasteiger partial charge >= 0.3 is 17.9 Å². The van der Waals surface area contributed by atoms with Crippen LogP contribution in [0, 0.1) is 0 Å². The summed E-state index contributed by atoms with van der Waals surface area (Å²) >= 11 is 0. The third-order valence-corrected chi connectivity index (χ3v) is 11.0. The van der Waals surface area contributed by atoms with Gasteiger partial charge in [-0.1, -0.05) is 219 Å². The van der Waals surface area contributed by atoms with E-state index < -0.39 is 6.10 Å². The maximum Gasteiger partial charge on any atom is 0.306 e. The Balaban J connectivity index is 4.35. The molecule has 0 bridgehead atoms. The van der Waals surface area contributed by atoms with Crippen LogP contribution < -0.4 is 0 Å². The van der Waals surface area contributed by atoms with E-state index in [2.05, 4.69) is 32.9 Å². The van der Waals surface area contributed by atoms with Crippen molar-refractivity contribution in [1.82, 2.24) is 0 Å².